The van der Waals surface area contributed by atoms with Crippen LogP contribution in [0.25, 0.3) is 11.0 Å². The van der Waals surface area contributed by atoms with Crippen LogP contribution in [0, 0.1) is 0 Å². The lowest BCUT2D eigenvalue weighted by Crippen LogP contribution is -2.33. The van der Waals surface area contributed by atoms with Crippen LogP contribution < -0.4 is 21.6 Å². The monoisotopic (exact) mass is 444 g/mol. The van der Waals surface area contributed by atoms with E-state index < -0.39 is 11.5 Å². The van der Waals surface area contributed by atoms with E-state index in [0.29, 0.717) is 23.3 Å². The molecule has 0 unspecified atom stereocenters. The van der Waals surface area contributed by atoms with Crippen molar-refractivity contribution in [3.8, 4) is 5.75 Å². The van der Waals surface area contributed by atoms with E-state index >= 15 is 0 Å². The Bertz CT molecular complexity index is 863. The molecule has 2 rings (SSSR count). The van der Waals surface area contributed by atoms with Crippen LogP contribution in [0.2, 0.25) is 0 Å². The average molecular weight is 445 g/mol. The summed E-state index contributed by atoms with van der Waals surface area (Å²) in [7, 11) is 0. The predicted octanol–water partition coefficient (Wildman–Crippen LogP) is 6.26. The molecule has 0 saturated carbocycles. The van der Waals surface area contributed by atoms with Gasteiger partial charge in [-0.2, -0.15) is 0 Å². The number of ether oxygens (including phenoxy) is 1. The first kappa shape index (κ1) is 25.9. The van der Waals surface area contributed by atoms with Crippen molar-refractivity contribution in [2.24, 2.45) is 5.84 Å². The van der Waals surface area contributed by atoms with Gasteiger partial charge in [0.2, 0.25) is 0 Å². The summed E-state index contributed by atoms with van der Waals surface area (Å²) in [5.74, 6) is 5.08. The number of unbranched alkanes of at least 4 members (excludes halogenated alkanes) is 13. The van der Waals surface area contributed by atoms with Crippen molar-refractivity contribution in [2.75, 3.05) is 6.61 Å². The van der Waals surface area contributed by atoms with Gasteiger partial charge in [0.25, 0.3) is 5.91 Å². The van der Waals surface area contributed by atoms with Crippen LogP contribution in [0.3, 0.4) is 0 Å². The molecule has 1 amide bonds. The van der Waals surface area contributed by atoms with E-state index in [1.807, 2.05) is 11.5 Å². The van der Waals surface area contributed by atoms with Crippen LogP contribution in [0.15, 0.2) is 33.5 Å². The third-order valence-corrected chi connectivity index (χ3v) is 5.85. The standard InChI is InChI=1S/C26H40N2O4/c1-2-3-4-5-6-7-8-9-10-11-12-13-14-15-18-31-22-17-16-21-19-23(25(29)28-27)26(30)32-24(21)20-22/h16-17,19-20H,2-15,18,27H2,1H3,(H,28,29). The Hall–Kier alpha value is -2.34. The second kappa shape index (κ2) is 15.5. The zero-order chi connectivity index (χ0) is 23.0. The highest BCUT2D eigenvalue weighted by Crippen LogP contribution is 2.21. The van der Waals surface area contributed by atoms with E-state index in [1.54, 1.807) is 12.1 Å². The SMILES string of the molecule is CCCCCCCCCCCCCCCCOc1ccc2cc(C(=O)NN)c(=O)oc2c1. The van der Waals surface area contributed by atoms with Crippen LogP contribution in [0.1, 0.15) is 107 Å². The lowest BCUT2D eigenvalue weighted by molar-refractivity contribution is 0.0950. The number of nitrogens with one attached hydrogen (secondary N) is 1. The molecule has 178 valence electrons. The van der Waals surface area contributed by atoms with E-state index in [9.17, 15) is 9.59 Å². The first-order valence-electron chi connectivity index (χ1n) is 12.4. The van der Waals surface area contributed by atoms with Gasteiger partial charge < -0.3 is 9.15 Å². The Kier molecular flexibility index (Phi) is 12.5. The second-order valence-electron chi connectivity index (χ2n) is 8.57. The molecule has 1 aromatic carbocycles. The third kappa shape index (κ3) is 9.43. The van der Waals surface area contributed by atoms with E-state index in [1.165, 1.54) is 83.1 Å². The molecule has 0 saturated heterocycles. The highest BCUT2D eigenvalue weighted by atomic mass is 16.5. The van der Waals surface area contributed by atoms with Gasteiger partial charge in [0, 0.05) is 11.5 Å². The lowest BCUT2D eigenvalue weighted by Gasteiger charge is -2.07. The maximum Gasteiger partial charge on any atom is 0.349 e. The number of hydrogen-bond acceptors (Lipinski definition) is 5. The summed E-state index contributed by atoms with van der Waals surface area (Å²) in [5, 5.41) is 0.645. The highest BCUT2D eigenvalue weighted by Gasteiger charge is 2.12. The fourth-order valence-electron chi connectivity index (χ4n) is 3.90. The van der Waals surface area contributed by atoms with Crippen molar-refractivity contribution >= 4 is 16.9 Å². The zero-order valence-corrected chi connectivity index (χ0v) is 19.6. The molecule has 0 bridgehead atoms. The Morgan fingerprint density at radius 2 is 1.44 bits per heavy atom. The fraction of sp³-hybridized carbons (Fsp3) is 0.615. The first-order chi connectivity index (χ1) is 15.7. The van der Waals surface area contributed by atoms with Crippen molar-refractivity contribution in [3.63, 3.8) is 0 Å². The number of benzene rings is 1. The van der Waals surface area contributed by atoms with Crippen molar-refractivity contribution < 1.29 is 13.9 Å². The smallest absolute Gasteiger partial charge is 0.349 e. The normalized spacial score (nSPS) is 11.1. The summed E-state index contributed by atoms with van der Waals surface area (Å²) < 4.78 is 11.0. The summed E-state index contributed by atoms with van der Waals surface area (Å²) in [6.45, 7) is 2.91. The van der Waals surface area contributed by atoms with Crippen molar-refractivity contribution in [1.29, 1.82) is 0 Å². The molecule has 6 heteroatoms. The molecule has 6 nitrogen and oxygen atoms in total. The summed E-state index contributed by atoms with van der Waals surface area (Å²) in [6.07, 6.45) is 18.6. The number of carbonyl (C=O) groups is 1. The molecule has 0 radical (unpaired) electrons. The van der Waals surface area contributed by atoms with Crippen molar-refractivity contribution in [1.82, 2.24) is 5.43 Å². The number of nitrogen functional groups attached to an aromatic ring is 1. The Morgan fingerprint density at radius 3 is 2.00 bits per heavy atom. The topological polar surface area (TPSA) is 94.6 Å². The van der Waals surface area contributed by atoms with Gasteiger partial charge in [-0.3, -0.25) is 10.2 Å². The molecule has 1 aromatic heterocycles. The number of amides is 1. The number of fused-ring (bicyclic) bond motifs is 1. The van der Waals surface area contributed by atoms with Crippen LogP contribution in [0.4, 0.5) is 0 Å². The minimum absolute atomic E-state index is 0.115. The zero-order valence-electron chi connectivity index (χ0n) is 19.6. The van der Waals surface area contributed by atoms with E-state index in [4.69, 9.17) is 15.0 Å². The van der Waals surface area contributed by atoms with Crippen LogP contribution in [-0.2, 0) is 0 Å². The summed E-state index contributed by atoms with van der Waals surface area (Å²) >= 11 is 0. The number of nitrogens with two attached hydrogens (primary N) is 1. The third-order valence-electron chi connectivity index (χ3n) is 5.85. The van der Waals surface area contributed by atoms with Gasteiger partial charge in [-0.15, -0.1) is 0 Å². The van der Waals surface area contributed by atoms with Gasteiger partial charge >= 0.3 is 5.63 Å². The van der Waals surface area contributed by atoms with E-state index in [0.717, 1.165) is 12.8 Å². The van der Waals surface area contributed by atoms with Gasteiger partial charge in [0.05, 0.1) is 6.61 Å². The minimum Gasteiger partial charge on any atom is -0.493 e. The first-order valence-corrected chi connectivity index (χ1v) is 12.4. The molecule has 32 heavy (non-hydrogen) atoms. The second-order valence-corrected chi connectivity index (χ2v) is 8.57. The molecular formula is C26H40N2O4. The summed E-state index contributed by atoms with van der Waals surface area (Å²) in [6, 6.07) is 6.74. The molecule has 0 aliphatic carbocycles. The molecule has 0 spiro atoms. The Balaban J connectivity index is 1.54. The molecule has 3 N–H and O–H groups in total. The number of hydrazine groups is 1. The van der Waals surface area contributed by atoms with Crippen LogP contribution in [0.5, 0.6) is 5.75 Å². The lowest BCUT2D eigenvalue weighted by atomic mass is 10.0. The molecule has 0 aliphatic heterocycles. The Morgan fingerprint density at radius 1 is 0.875 bits per heavy atom. The largest absolute Gasteiger partial charge is 0.493 e. The van der Waals surface area contributed by atoms with E-state index in [-0.39, 0.29) is 5.56 Å². The highest BCUT2D eigenvalue weighted by molar-refractivity contribution is 5.96. The van der Waals surface area contributed by atoms with Gasteiger partial charge in [-0.25, -0.2) is 10.6 Å². The maximum atomic E-state index is 11.9. The van der Waals surface area contributed by atoms with Crippen LogP contribution >= 0.6 is 0 Å². The minimum atomic E-state index is -0.718. The van der Waals surface area contributed by atoms with Crippen LogP contribution in [-0.4, -0.2) is 12.5 Å². The van der Waals surface area contributed by atoms with Gasteiger partial charge in [-0.05, 0) is 24.6 Å². The summed E-state index contributed by atoms with van der Waals surface area (Å²) in [4.78, 5) is 23.5. The molecule has 1 heterocycles. The number of hydrogen-bond donors (Lipinski definition) is 2. The predicted molar refractivity (Wildman–Crippen MR) is 130 cm³/mol. The van der Waals surface area contributed by atoms with Gasteiger partial charge in [-0.1, -0.05) is 90.4 Å². The quantitative estimate of drug-likeness (QED) is 0.0987. The van der Waals surface area contributed by atoms with Gasteiger partial charge in [0.15, 0.2) is 0 Å². The van der Waals surface area contributed by atoms with Crippen molar-refractivity contribution in [3.05, 3.63) is 40.2 Å². The molecule has 2 aromatic rings. The summed E-state index contributed by atoms with van der Waals surface area (Å²) in [5.41, 5.74) is 1.50. The van der Waals surface area contributed by atoms with E-state index in [2.05, 4.69) is 6.92 Å². The molecule has 0 atom stereocenters. The Labute approximate surface area is 191 Å². The van der Waals surface area contributed by atoms with Crippen molar-refractivity contribution in [2.45, 2.75) is 96.8 Å². The molecule has 0 aliphatic rings. The molecular weight excluding hydrogens is 404 g/mol. The van der Waals surface area contributed by atoms with Gasteiger partial charge in [0.1, 0.15) is 16.9 Å². The average Bonchev–Trinajstić information content (AvgIpc) is 2.80. The number of rotatable bonds is 17. The maximum absolute atomic E-state index is 11.9. The number of carbonyl (C=O) groups excluding carboxylic acids is 1. The fourth-order valence-corrected chi connectivity index (χ4v) is 3.90. The molecule has 0 fully saturated rings.